The Kier molecular flexibility index (Phi) is 5.57. The summed E-state index contributed by atoms with van der Waals surface area (Å²) in [6.45, 7) is 4.41. The lowest BCUT2D eigenvalue weighted by molar-refractivity contribution is 0.302. The van der Waals surface area contributed by atoms with Crippen molar-refractivity contribution in [3.8, 4) is 17.9 Å². The van der Waals surface area contributed by atoms with Crippen LogP contribution in [-0.4, -0.2) is 0 Å². The lowest BCUT2D eigenvalue weighted by Crippen LogP contribution is -1.99. The fraction of sp³-hybridized carbons (Fsp3) is 0.158. The van der Waals surface area contributed by atoms with Crippen molar-refractivity contribution in [2.75, 3.05) is 0 Å². The number of hydrogen-bond acceptors (Lipinski definition) is 3. The van der Waals surface area contributed by atoms with Crippen LogP contribution >= 0.6 is 15.9 Å². The number of aryl methyl sites for hydroxylation is 2. The maximum atomic E-state index is 8.84. The number of halogens is 1. The van der Waals surface area contributed by atoms with E-state index in [0.29, 0.717) is 6.61 Å². The summed E-state index contributed by atoms with van der Waals surface area (Å²) in [5.74, 6) is 0.834. The van der Waals surface area contributed by atoms with Crippen molar-refractivity contribution in [3.63, 3.8) is 0 Å². The molecule has 114 valence electrons. The van der Waals surface area contributed by atoms with E-state index in [2.05, 4.69) is 15.9 Å². The van der Waals surface area contributed by atoms with Gasteiger partial charge in [-0.05, 0) is 66.4 Å². The quantitative estimate of drug-likeness (QED) is 0.709. The van der Waals surface area contributed by atoms with Crippen molar-refractivity contribution in [2.45, 2.75) is 20.5 Å². The third kappa shape index (κ3) is 4.45. The third-order valence-electron chi connectivity index (χ3n) is 3.33. The van der Waals surface area contributed by atoms with Gasteiger partial charge in [0.05, 0.1) is 0 Å². The number of ether oxygens (including phenoxy) is 1. The zero-order valence-electron chi connectivity index (χ0n) is 12.9. The van der Waals surface area contributed by atoms with Crippen molar-refractivity contribution < 1.29 is 4.74 Å². The summed E-state index contributed by atoms with van der Waals surface area (Å²) in [6.07, 6.45) is 1.58. The first-order valence-electron chi connectivity index (χ1n) is 7.04. The van der Waals surface area contributed by atoms with E-state index in [4.69, 9.17) is 15.3 Å². The largest absolute Gasteiger partial charge is 0.488 e. The molecule has 0 aliphatic heterocycles. The van der Waals surface area contributed by atoms with E-state index in [1.165, 1.54) is 0 Å². The van der Waals surface area contributed by atoms with Crippen molar-refractivity contribution in [1.82, 2.24) is 0 Å². The van der Waals surface area contributed by atoms with Crippen molar-refractivity contribution in [3.05, 3.63) is 68.7 Å². The van der Waals surface area contributed by atoms with Crippen LogP contribution in [0.5, 0.6) is 5.75 Å². The Morgan fingerprint density at radius 3 is 2.17 bits per heavy atom. The Labute approximate surface area is 144 Å². The fourth-order valence-electron chi connectivity index (χ4n) is 2.29. The molecule has 0 fully saturated rings. The van der Waals surface area contributed by atoms with Crippen LogP contribution in [0.1, 0.15) is 22.3 Å². The smallest absolute Gasteiger partial charge is 0.130 e. The highest BCUT2D eigenvalue weighted by molar-refractivity contribution is 9.10. The predicted molar refractivity (Wildman–Crippen MR) is 93.6 cm³/mol. The Morgan fingerprint density at radius 2 is 1.65 bits per heavy atom. The van der Waals surface area contributed by atoms with Gasteiger partial charge in [-0.1, -0.05) is 28.1 Å². The number of nitrogens with zero attached hydrogens (tertiary/aromatic N) is 2. The summed E-state index contributed by atoms with van der Waals surface area (Å²) in [7, 11) is 0. The van der Waals surface area contributed by atoms with Crippen LogP contribution in [0.15, 0.2) is 46.4 Å². The summed E-state index contributed by atoms with van der Waals surface area (Å²) in [4.78, 5) is 0. The van der Waals surface area contributed by atoms with Crippen LogP contribution in [-0.2, 0) is 6.61 Å². The van der Waals surface area contributed by atoms with Gasteiger partial charge in [-0.3, -0.25) is 0 Å². The van der Waals surface area contributed by atoms with Crippen LogP contribution in [0.2, 0.25) is 0 Å². The van der Waals surface area contributed by atoms with E-state index < -0.39 is 0 Å². The first-order valence-corrected chi connectivity index (χ1v) is 7.83. The minimum Gasteiger partial charge on any atom is -0.488 e. The SMILES string of the molecule is Cc1cc(C=C(C#N)C#N)cc(C)c1OCc1ccc(Br)cc1. The average Bonchev–Trinajstić information content (AvgIpc) is 2.53. The molecule has 0 N–H and O–H groups in total. The summed E-state index contributed by atoms with van der Waals surface area (Å²) < 4.78 is 6.98. The highest BCUT2D eigenvalue weighted by atomic mass is 79.9. The Balaban J connectivity index is 2.21. The second kappa shape index (κ2) is 7.63. The second-order valence-electron chi connectivity index (χ2n) is 5.18. The van der Waals surface area contributed by atoms with Gasteiger partial charge in [0.2, 0.25) is 0 Å². The van der Waals surface area contributed by atoms with Crippen LogP contribution in [0.3, 0.4) is 0 Å². The molecule has 0 aromatic heterocycles. The molecular weight excluding hydrogens is 352 g/mol. The molecule has 2 aromatic rings. The van der Waals surface area contributed by atoms with Gasteiger partial charge in [-0.25, -0.2) is 0 Å². The number of hydrogen-bond donors (Lipinski definition) is 0. The lowest BCUT2D eigenvalue weighted by Gasteiger charge is -2.13. The summed E-state index contributed by atoms with van der Waals surface area (Å²) in [5, 5.41) is 17.7. The Morgan fingerprint density at radius 1 is 1.09 bits per heavy atom. The molecule has 0 atom stereocenters. The summed E-state index contributed by atoms with van der Waals surface area (Å²) in [5.41, 5.74) is 3.96. The monoisotopic (exact) mass is 366 g/mol. The molecule has 0 bridgehead atoms. The van der Waals surface area contributed by atoms with Gasteiger partial charge in [0.1, 0.15) is 30.1 Å². The van der Waals surface area contributed by atoms with E-state index in [1.807, 2.05) is 62.4 Å². The highest BCUT2D eigenvalue weighted by Gasteiger charge is 2.07. The van der Waals surface area contributed by atoms with Crippen LogP contribution < -0.4 is 4.74 Å². The standard InChI is InChI=1S/C19H15BrN2O/c1-13-7-16(9-17(10-21)11-22)8-14(2)19(13)23-12-15-3-5-18(20)6-4-15/h3-9H,12H2,1-2H3. The molecule has 0 aliphatic rings. The molecule has 0 radical (unpaired) electrons. The fourth-order valence-corrected chi connectivity index (χ4v) is 2.55. The third-order valence-corrected chi connectivity index (χ3v) is 3.86. The van der Waals surface area contributed by atoms with Crippen LogP contribution in [0, 0.1) is 36.5 Å². The van der Waals surface area contributed by atoms with E-state index in [1.54, 1.807) is 6.08 Å². The van der Waals surface area contributed by atoms with Crippen LogP contribution in [0.25, 0.3) is 6.08 Å². The minimum atomic E-state index is 0.0901. The molecule has 0 aliphatic carbocycles. The molecule has 4 heteroatoms. The van der Waals surface area contributed by atoms with Gasteiger partial charge in [-0.2, -0.15) is 10.5 Å². The lowest BCUT2D eigenvalue weighted by atomic mass is 10.0. The summed E-state index contributed by atoms with van der Waals surface area (Å²) >= 11 is 3.41. The Bertz CT molecular complexity index is 785. The van der Waals surface area contributed by atoms with Crippen molar-refractivity contribution in [1.29, 1.82) is 10.5 Å². The number of rotatable bonds is 4. The second-order valence-corrected chi connectivity index (χ2v) is 6.10. The molecule has 2 aromatic carbocycles. The molecule has 0 unspecified atom stereocenters. The van der Waals surface area contributed by atoms with Crippen LogP contribution in [0.4, 0.5) is 0 Å². The van der Waals surface area contributed by atoms with Gasteiger partial charge in [-0.15, -0.1) is 0 Å². The summed E-state index contributed by atoms with van der Waals surface area (Å²) in [6, 6.07) is 15.6. The van der Waals surface area contributed by atoms with Crippen molar-refractivity contribution in [2.24, 2.45) is 0 Å². The molecule has 0 heterocycles. The topological polar surface area (TPSA) is 56.8 Å². The Hall–Kier alpha value is -2.56. The van der Waals surface area contributed by atoms with E-state index in [0.717, 1.165) is 32.5 Å². The normalized spacial score (nSPS) is 9.61. The molecule has 2 rings (SSSR count). The maximum absolute atomic E-state index is 8.84. The minimum absolute atomic E-state index is 0.0901. The molecule has 0 saturated heterocycles. The zero-order chi connectivity index (χ0) is 16.8. The van der Waals surface area contributed by atoms with Crippen molar-refractivity contribution >= 4 is 22.0 Å². The molecule has 0 saturated carbocycles. The maximum Gasteiger partial charge on any atom is 0.130 e. The predicted octanol–water partition coefficient (Wildman–Crippen LogP) is 5.08. The zero-order valence-corrected chi connectivity index (χ0v) is 14.5. The van der Waals surface area contributed by atoms with E-state index in [9.17, 15) is 0 Å². The van der Waals surface area contributed by atoms with E-state index in [-0.39, 0.29) is 5.57 Å². The van der Waals surface area contributed by atoms with Gasteiger partial charge in [0.15, 0.2) is 0 Å². The number of nitriles is 2. The first kappa shape index (κ1) is 16.8. The number of benzene rings is 2. The molecule has 23 heavy (non-hydrogen) atoms. The molecular formula is C19H15BrN2O. The average molecular weight is 367 g/mol. The van der Waals surface area contributed by atoms with E-state index >= 15 is 0 Å². The van der Waals surface area contributed by atoms with Gasteiger partial charge in [0, 0.05) is 4.47 Å². The highest BCUT2D eigenvalue weighted by Crippen LogP contribution is 2.27. The number of allylic oxidation sites excluding steroid dienone is 1. The molecule has 0 spiro atoms. The molecule has 3 nitrogen and oxygen atoms in total. The first-order chi connectivity index (χ1) is 11.0. The van der Waals surface area contributed by atoms with Gasteiger partial charge in [0.25, 0.3) is 0 Å². The van der Waals surface area contributed by atoms with Gasteiger partial charge < -0.3 is 4.74 Å². The molecule has 0 amide bonds. The van der Waals surface area contributed by atoms with Gasteiger partial charge >= 0.3 is 0 Å².